The van der Waals surface area contributed by atoms with Gasteiger partial charge in [0.2, 0.25) is 0 Å². The number of hydrogen-bond acceptors (Lipinski definition) is 2. The molecule has 0 unspecified atom stereocenters. The highest BCUT2D eigenvalue weighted by atomic mass is 16.2. The first kappa shape index (κ1) is 13.3. The average molecular weight is 227 g/mol. The van der Waals surface area contributed by atoms with Gasteiger partial charge in [0.15, 0.2) is 0 Å². The second-order valence-electron chi connectivity index (χ2n) is 4.96. The number of hydrogen-bond donors (Lipinski definition) is 2. The Hall–Kier alpha value is -0.770. The summed E-state index contributed by atoms with van der Waals surface area (Å²) in [6, 6.07) is 1.05. The summed E-state index contributed by atoms with van der Waals surface area (Å²) in [5.41, 5.74) is 0. The minimum absolute atomic E-state index is 0.000265. The van der Waals surface area contributed by atoms with Gasteiger partial charge in [0.1, 0.15) is 0 Å². The Kier molecular flexibility index (Phi) is 5.60. The fraction of sp³-hybridized carbons (Fsp3) is 0.917. The molecule has 0 aromatic heterocycles. The van der Waals surface area contributed by atoms with Crippen molar-refractivity contribution in [2.45, 2.75) is 51.6 Å². The first-order chi connectivity index (χ1) is 7.59. The molecule has 4 heteroatoms. The molecule has 0 aliphatic heterocycles. The Labute approximate surface area is 98.8 Å². The van der Waals surface area contributed by atoms with E-state index in [0.717, 1.165) is 38.8 Å². The molecule has 0 atom stereocenters. The van der Waals surface area contributed by atoms with E-state index in [9.17, 15) is 4.79 Å². The number of rotatable bonds is 7. The molecule has 2 N–H and O–H groups in total. The van der Waals surface area contributed by atoms with Crippen LogP contribution in [0.15, 0.2) is 0 Å². The Morgan fingerprint density at radius 1 is 1.38 bits per heavy atom. The van der Waals surface area contributed by atoms with Gasteiger partial charge in [-0.05, 0) is 53.1 Å². The van der Waals surface area contributed by atoms with Gasteiger partial charge in [-0.1, -0.05) is 0 Å². The molecule has 0 spiro atoms. The predicted octanol–water partition coefficient (Wildman–Crippen LogP) is 1.57. The number of urea groups is 1. The van der Waals surface area contributed by atoms with Gasteiger partial charge in [-0.3, -0.25) is 0 Å². The van der Waals surface area contributed by atoms with E-state index in [4.69, 9.17) is 0 Å². The van der Waals surface area contributed by atoms with Gasteiger partial charge < -0.3 is 15.5 Å². The van der Waals surface area contributed by atoms with Crippen LogP contribution in [0.1, 0.15) is 39.5 Å². The molecule has 0 saturated heterocycles. The summed E-state index contributed by atoms with van der Waals surface area (Å²) in [4.78, 5) is 13.6. The van der Waals surface area contributed by atoms with Crippen molar-refractivity contribution in [1.82, 2.24) is 15.5 Å². The van der Waals surface area contributed by atoms with E-state index in [1.165, 1.54) is 0 Å². The van der Waals surface area contributed by atoms with Crippen molar-refractivity contribution >= 4 is 6.03 Å². The fourth-order valence-electron chi connectivity index (χ4n) is 1.41. The fourth-order valence-corrected chi connectivity index (χ4v) is 1.41. The minimum Gasteiger partial charge on any atom is -0.338 e. The van der Waals surface area contributed by atoms with Gasteiger partial charge in [-0.2, -0.15) is 0 Å². The number of nitrogens with zero attached hydrogens (tertiary/aromatic N) is 1. The van der Waals surface area contributed by atoms with E-state index in [-0.39, 0.29) is 6.03 Å². The number of nitrogens with one attached hydrogen (secondary N) is 2. The second-order valence-corrected chi connectivity index (χ2v) is 4.96. The quantitative estimate of drug-likeness (QED) is 0.648. The van der Waals surface area contributed by atoms with Gasteiger partial charge in [0.05, 0.1) is 0 Å². The monoisotopic (exact) mass is 227 g/mol. The average Bonchev–Trinajstić information content (AvgIpc) is 3.00. The van der Waals surface area contributed by atoms with Gasteiger partial charge in [-0.25, -0.2) is 4.79 Å². The van der Waals surface area contributed by atoms with Crippen LogP contribution in [0.5, 0.6) is 0 Å². The van der Waals surface area contributed by atoms with Crippen molar-refractivity contribution in [1.29, 1.82) is 0 Å². The highest BCUT2D eigenvalue weighted by Gasteiger charge is 2.22. The predicted molar refractivity (Wildman–Crippen MR) is 66.6 cm³/mol. The van der Waals surface area contributed by atoms with Crippen molar-refractivity contribution in [2.24, 2.45) is 0 Å². The zero-order valence-corrected chi connectivity index (χ0v) is 10.8. The Balaban J connectivity index is 1.88. The molecule has 16 heavy (non-hydrogen) atoms. The van der Waals surface area contributed by atoms with Crippen LogP contribution in [-0.2, 0) is 0 Å². The second kappa shape index (κ2) is 6.74. The van der Waals surface area contributed by atoms with Gasteiger partial charge in [0.25, 0.3) is 0 Å². The van der Waals surface area contributed by atoms with E-state index < -0.39 is 0 Å². The zero-order valence-electron chi connectivity index (χ0n) is 10.8. The molecule has 2 amide bonds. The molecule has 0 radical (unpaired) electrons. The first-order valence-corrected chi connectivity index (χ1v) is 6.34. The van der Waals surface area contributed by atoms with Crippen molar-refractivity contribution in [3.8, 4) is 0 Å². The van der Waals surface area contributed by atoms with Crippen LogP contribution in [0.25, 0.3) is 0 Å². The highest BCUT2D eigenvalue weighted by molar-refractivity contribution is 5.74. The number of amides is 2. The Morgan fingerprint density at radius 2 is 2.06 bits per heavy atom. The van der Waals surface area contributed by atoms with E-state index in [1.54, 1.807) is 0 Å². The maximum Gasteiger partial charge on any atom is 0.315 e. The molecular weight excluding hydrogens is 202 g/mol. The van der Waals surface area contributed by atoms with Gasteiger partial charge in [0, 0.05) is 18.6 Å². The third kappa shape index (κ3) is 5.95. The van der Waals surface area contributed by atoms with E-state index in [1.807, 2.05) is 0 Å². The molecule has 1 rings (SSSR count). The molecule has 1 saturated carbocycles. The lowest BCUT2D eigenvalue weighted by Crippen LogP contribution is -2.37. The molecule has 4 nitrogen and oxygen atoms in total. The standard InChI is InChI=1S/C12H25N3O/c1-10(2)15(3)9-5-4-8-13-12(16)14-11-6-7-11/h10-11H,4-9H2,1-3H3,(H2,13,14,16). The number of carbonyl (C=O) groups excluding carboxylic acids is 1. The van der Waals surface area contributed by atoms with Gasteiger partial charge in [-0.15, -0.1) is 0 Å². The van der Waals surface area contributed by atoms with Crippen molar-refractivity contribution < 1.29 is 4.79 Å². The van der Waals surface area contributed by atoms with Crippen molar-refractivity contribution in [3.63, 3.8) is 0 Å². The van der Waals surface area contributed by atoms with Crippen LogP contribution in [0.3, 0.4) is 0 Å². The van der Waals surface area contributed by atoms with E-state index in [2.05, 4.69) is 36.4 Å². The van der Waals surface area contributed by atoms with Crippen LogP contribution >= 0.6 is 0 Å². The molecule has 0 bridgehead atoms. The van der Waals surface area contributed by atoms with Crippen molar-refractivity contribution in [3.05, 3.63) is 0 Å². The van der Waals surface area contributed by atoms with Crippen LogP contribution < -0.4 is 10.6 Å². The Morgan fingerprint density at radius 3 is 2.62 bits per heavy atom. The van der Waals surface area contributed by atoms with Crippen LogP contribution in [-0.4, -0.2) is 43.2 Å². The summed E-state index contributed by atoms with van der Waals surface area (Å²) >= 11 is 0. The molecule has 0 aromatic carbocycles. The largest absolute Gasteiger partial charge is 0.338 e. The molecule has 0 heterocycles. The first-order valence-electron chi connectivity index (χ1n) is 6.34. The Bertz CT molecular complexity index is 214. The lowest BCUT2D eigenvalue weighted by Gasteiger charge is -2.20. The topological polar surface area (TPSA) is 44.4 Å². The number of unbranched alkanes of at least 4 members (excludes halogenated alkanes) is 1. The molecular formula is C12H25N3O. The summed E-state index contributed by atoms with van der Waals surface area (Å²) < 4.78 is 0. The highest BCUT2D eigenvalue weighted by Crippen LogP contribution is 2.18. The van der Waals surface area contributed by atoms with Crippen LogP contribution in [0, 0.1) is 0 Å². The van der Waals surface area contributed by atoms with Crippen molar-refractivity contribution in [2.75, 3.05) is 20.1 Å². The summed E-state index contributed by atoms with van der Waals surface area (Å²) in [6.45, 7) is 6.27. The maximum absolute atomic E-state index is 11.3. The van der Waals surface area contributed by atoms with Crippen LogP contribution in [0.4, 0.5) is 4.79 Å². The summed E-state index contributed by atoms with van der Waals surface area (Å²) in [6.07, 6.45) is 4.48. The third-order valence-electron chi connectivity index (χ3n) is 3.02. The minimum atomic E-state index is -0.000265. The smallest absolute Gasteiger partial charge is 0.315 e. The van der Waals surface area contributed by atoms with E-state index >= 15 is 0 Å². The summed E-state index contributed by atoms with van der Waals surface area (Å²) in [5.74, 6) is 0. The summed E-state index contributed by atoms with van der Waals surface area (Å²) in [5, 5.41) is 5.80. The molecule has 94 valence electrons. The molecule has 0 aromatic rings. The zero-order chi connectivity index (χ0) is 12.0. The molecule has 1 aliphatic rings. The molecule has 1 fully saturated rings. The molecule has 1 aliphatic carbocycles. The number of carbonyl (C=O) groups is 1. The van der Waals surface area contributed by atoms with E-state index in [0.29, 0.717) is 12.1 Å². The van der Waals surface area contributed by atoms with Crippen LogP contribution in [0.2, 0.25) is 0 Å². The lowest BCUT2D eigenvalue weighted by molar-refractivity contribution is 0.239. The SMILES string of the molecule is CC(C)N(C)CCCCNC(=O)NC1CC1. The normalized spacial score (nSPS) is 15.6. The third-order valence-corrected chi connectivity index (χ3v) is 3.02. The van der Waals surface area contributed by atoms with Gasteiger partial charge >= 0.3 is 6.03 Å². The lowest BCUT2D eigenvalue weighted by atomic mass is 10.2. The maximum atomic E-state index is 11.3. The summed E-state index contributed by atoms with van der Waals surface area (Å²) in [7, 11) is 2.14.